The lowest BCUT2D eigenvalue weighted by molar-refractivity contribution is 0.0716. The molecule has 0 radical (unpaired) electrons. The van der Waals surface area contributed by atoms with Gasteiger partial charge in [0.25, 0.3) is 0 Å². The Morgan fingerprint density at radius 2 is 0.881 bits per heavy atom. The quantitative estimate of drug-likeness (QED) is 0.137. The minimum absolute atomic E-state index is 0.711. The zero-order chi connectivity index (χ0) is 61.4. The second-order valence-electron chi connectivity index (χ2n) is 17.1. The van der Waals surface area contributed by atoms with Crippen molar-refractivity contribution in [2.45, 2.75) is 95.9 Å². The summed E-state index contributed by atoms with van der Waals surface area (Å²) in [6.45, 7) is 25.3. The number of ether oxygens (including phenoxy) is 1. The first-order valence-electron chi connectivity index (χ1n) is 26.1. The fourth-order valence-corrected chi connectivity index (χ4v) is 4.75. The van der Waals surface area contributed by atoms with Crippen LogP contribution in [0.15, 0.2) is 192 Å². The molecule has 84 heavy (non-hydrogen) atoms. The van der Waals surface area contributed by atoms with Gasteiger partial charge in [-0.05, 0) is 166 Å². The van der Waals surface area contributed by atoms with Crippen LogP contribution < -0.4 is 0 Å². The van der Waals surface area contributed by atoms with Gasteiger partial charge < -0.3 is 4.74 Å². The molecule has 1 aliphatic rings. The van der Waals surface area contributed by atoms with Crippen molar-refractivity contribution in [2.75, 3.05) is 13.2 Å². The second-order valence-corrected chi connectivity index (χ2v) is 17.1. The normalized spacial score (nSPS) is 10.1. The molecule has 1 aliphatic heterocycles. The van der Waals surface area contributed by atoms with Crippen LogP contribution >= 0.6 is 0 Å². The number of hydrogen-bond acceptors (Lipinski definition) is 25. The van der Waals surface area contributed by atoms with Gasteiger partial charge >= 0.3 is 0 Å². The van der Waals surface area contributed by atoms with Crippen molar-refractivity contribution in [3.05, 3.63) is 254 Å². The maximum Gasteiger partial charge on any atom is 0.147 e. The number of rotatable bonds is 0. The molecule has 25 heteroatoms. The van der Waals surface area contributed by atoms with E-state index >= 15 is 0 Å². The lowest BCUT2D eigenvalue weighted by Crippen LogP contribution is -2.12. The molecule has 0 saturated carbocycles. The summed E-state index contributed by atoms with van der Waals surface area (Å²) >= 11 is 0. The highest BCUT2D eigenvalue weighted by Crippen LogP contribution is 2.12. The molecule has 25 nitrogen and oxygen atoms in total. The summed E-state index contributed by atoms with van der Waals surface area (Å²) in [5.41, 5.74) is 8.44. The predicted molar refractivity (Wildman–Crippen MR) is 319 cm³/mol. The smallest absolute Gasteiger partial charge is 0.147 e. The Bertz CT molecular complexity index is 2360. The fourth-order valence-electron chi connectivity index (χ4n) is 4.75. The van der Waals surface area contributed by atoms with Crippen molar-refractivity contribution in [3.8, 4) is 0 Å². The zero-order valence-corrected chi connectivity index (χ0v) is 49.9. The van der Waals surface area contributed by atoms with E-state index in [0.29, 0.717) is 5.82 Å². The largest absolute Gasteiger partial charge is 0.381 e. The third kappa shape index (κ3) is 48.8. The van der Waals surface area contributed by atoms with Gasteiger partial charge in [-0.15, -0.1) is 15.3 Å². The van der Waals surface area contributed by atoms with Crippen LogP contribution in [0.1, 0.15) is 82.3 Å². The standard InChI is InChI=1S/2C6H7N.C6H12O.5C5H6N2.4C4H5N3/c1-6-2-4-7-5-3-6;1-6-3-2-4-7-5-6;1-6-2-4-7-5-3-6;1-5-2-6-4-7-3-5;1-5-2-3-6-4-7-5;1-5-2-3-6-7-4-5;1-5-6-3-2-4-7-5;1-5-3-2-4-6-7-5;1-4-6-2-5-3-7-4;1-4-2-6-7-3-5-4;1-4-2-5-3-6-7-4;1-4-5-2-3-6-7-4/h2*2-5H,1H3;6H,2-5H2,1H3;5*2-4H,1H3;4*2-3H,1H3. The van der Waals surface area contributed by atoms with E-state index in [0.717, 1.165) is 64.7 Å². The zero-order valence-electron chi connectivity index (χ0n) is 49.9. The maximum absolute atomic E-state index is 5.14. The van der Waals surface area contributed by atoms with Crippen molar-refractivity contribution < 1.29 is 4.74 Å². The van der Waals surface area contributed by atoms with Crippen molar-refractivity contribution >= 4 is 0 Å². The molecule has 0 aliphatic carbocycles. The summed E-state index contributed by atoms with van der Waals surface area (Å²) in [5.74, 6) is 3.20. The summed E-state index contributed by atoms with van der Waals surface area (Å²) in [7, 11) is 0. The minimum Gasteiger partial charge on any atom is -0.381 e. The van der Waals surface area contributed by atoms with Crippen LogP contribution in [0.2, 0.25) is 0 Å². The van der Waals surface area contributed by atoms with Crippen LogP contribution in [0, 0.1) is 82.1 Å². The Morgan fingerprint density at radius 1 is 0.298 bits per heavy atom. The molecule has 11 aromatic heterocycles. The average Bonchev–Trinajstić information content (AvgIpc) is 3.51. The van der Waals surface area contributed by atoms with Crippen molar-refractivity contribution in [1.29, 1.82) is 0 Å². The topological polar surface area (TPSA) is 319 Å². The number of hydrogen-bond donors (Lipinski definition) is 0. The minimum atomic E-state index is 0.711. The van der Waals surface area contributed by atoms with Crippen LogP contribution in [0.3, 0.4) is 0 Å². The molecular formula is C59H76N24O. The van der Waals surface area contributed by atoms with Gasteiger partial charge in [0.2, 0.25) is 0 Å². The number of pyridine rings is 2. The monoisotopic (exact) mass is 1140 g/mol. The third-order valence-electron chi connectivity index (χ3n) is 9.16. The number of nitrogens with zero attached hydrogens (tertiary/aromatic N) is 24. The van der Waals surface area contributed by atoms with Crippen molar-refractivity contribution in [2.24, 2.45) is 5.92 Å². The molecular weight excluding hydrogens is 1060 g/mol. The molecule has 12 heterocycles. The molecule has 0 spiro atoms. The molecule has 11 aromatic rings. The van der Waals surface area contributed by atoms with E-state index in [4.69, 9.17) is 4.74 Å². The molecule has 12 rings (SSSR count). The summed E-state index contributed by atoms with van der Waals surface area (Å²) in [6, 6.07) is 17.2. The van der Waals surface area contributed by atoms with E-state index in [2.05, 4.69) is 128 Å². The van der Waals surface area contributed by atoms with Gasteiger partial charge in [-0.2, -0.15) is 35.7 Å². The van der Waals surface area contributed by atoms with E-state index in [1.54, 1.807) is 106 Å². The lowest BCUT2D eigenvalue weighted by Gasteiger charge is -2.16. The Kier molecular flexibility index (Phi) is 43.4. The van der Waals surface area contributed by atoms with Gasteiger partial charge in [-0.3, -0.25) is 9.97 Å². The molecule has 438 valence electrons. The Labute approximate surface area is 492 Å². The molecule has 0 atom stereocenters. The number of aromatic nitrogens is 24. The summed E-state index contributed by atoms with van der Waals surface area (Å²) in [6.07, 6.45) is 38.8. The van der Waals surface area contributed by atoms with Crippen LogP contribution in [0.5, 0.6) is 0 Å². The van der Waals surface area contributed by atoms with Gasteiger partial charge in [-0.1, -0.05) is 13.0 Å². The molecule has 0 bridgehead atoms. The van der Waals surface area contributed by atoms with Crippen LogP contribution in [0.25, 0.3) is 0 Å². The van der Waals surface area contributed by atoms with Crippen molar-refractivity contribution in [3.63, 3.8) is 0 Å². The molecule has 0 amide bonds. The van der Waals surface area contributed by atoms with Gasteiger partial charge in [0.1, 0.15) is 55.4 Å². The van der Waals surface area contributed by atoms with Gasteiger partial charge in [0, 0.05) is 93.3 Å². The van der Waals surface area contributed by atoms with E-state index in [-0.39, 0.29) is 0 Å². The summed E-state index contributed by atoms with van der Waals surface area (Å²) in [5, 5.41) is 36.0. The maximum atomic E-state index is 5.14. The van der Waals surface area contributed by atoms with Gasteiger partial charge in [0.15, 0.2) is 0 Å². The number of aryl methyl sites for hydroxylation is 11. The average molecular weight is 1140 g/mol. The Hall–Kier alpha value is -10.3. The Morgan fingerprint density at radius 3 is 1.17 bits per heavy atom. The van der Waals surface area contributed by atoms with Gasteiger partial charge in [-0.25, -0.2) is 59.8 Å². The van der Waals surface area contributed by atoms with E-state index in [1.165, 1.54) is 61.9 Å². The highest BCUT2D eigenvalue weighted by molar-refractivity contribution is 5.06. The molecule has 0 unspecified atom stereocenters. The second kappa shape index (κ2) is 50.9. The molecule has 1 fully saturated rings. The lowest BCUT2D eigenvalue weighted by atomic mass is 10.0. The Balaban J connectivity index is 0.000000458. The SMILES string of the molecule is CC1CCOCC1.Cc1cccnc1.Cc1cccnn1.Cc1ccncc1.Cc1ccncn1.Cc1ccnnc1.Cc1cncnc1.Cc1cncnn1.Cc1cnncn1.Cc1ncccn1.Cc1nccnn1.Cc1ncncn1. The van der Waals surface area contributed by atoms with E-state index in [1.807, 2.05) is 124 Å². The molecule has 0 N–H and O–H groups in total. The first-order chi connectivity index (χ1) is 40.7. The summed E-state index contributed by atoms with van der Waals surface area (Å²) < 4.78 is 5.14. The highest BCUT2D eigenvalue weighted by Gasteiger charge is 2.06. The molecule has 0 aromatic carbocycles. The van der Waals surface area contributed by atoms with Crippen LogP contribution in [-0.2, 0) is 4.74 Å². The van der Waals surface area contributed by atoms with Crippen LogP contribution in [0.4, 0.5) is 0 Å². The predicted octanol–water partition coefficient (Wildman–Crippen LogP) is 8.86. The summed E-state index contributed by atoms with van der Waals surface area (Å²) in [4.78, 5) is 53.1. The third-order valence-corrected chi connectivity index (χ3v) is 9.16. The fraction of sp³-hybridized carbons (Fsp3) is 0.288. The first-order valence-corrected chi connectivity index (χ1v) is 26.1. The van der Waals surface area contributed by atoms with Crippen molar-refractivity contribution in [1.82, 2.24) is 121 Å². The van der Waals surface area contributed by atoms with Gasteiger partial charge in [0.05, 0.1) is 41.9 Å². The van der Waals surface area contributed by atoms with Crippen LogP contribution in [-0.4, -0.2) is 134 Å². The van der Waals surface area contributed by atoms with E-state index in [9.17, 15) is 0 Å². The first kappa shape index (κ1) is 71.7. The van der Waals surface area contributed by atoms with E-state index < -0.39 is 0 Å². The molecule has 1 saturated heterocycles. The highest BCUT2D eigenvalue weighted by atomic mass is 16.5.